The van der Waals surface area contributed by atoms with Crippen molar-refractivity contribution in [3.63, 3.8) is 0 Å². The largest absolute Gasteiger partial charge is 0.308 e. The second kappa shape index (κ2) is 10.8. The van der Waals surface area contributed by atoms with E-state index >= 15 is 0 Å². The van der Waals surface area contributed by atoms with E-state index in [0.717, 1.165) is 14.6 Å². The van der Waals surface area contributed by atoms with Gasteiger partial charge in [-0.2, -0.15) is 0 Å². The molecule has 0 aliphatic rings. The van der Waals surface area contributed by atoms with Gasteiger partial charge in [0, 0.05) is 25.8 Å². The van der Waals surface area contributed by atoms with Gasteiger partial charge < -0.3 is 4.57 Å². The Labute approximate surface area is 247 Å². The lowest BCUT2D eigenvalue weighted by Crippen LogP contribution is -2.00. The van der Waals surface area contributed by atoms with Crippen molar-refractivity contribution in [2.45, 2.75) is 13.8 Å². The maximum Gasteiger partial charge on any atom is 0.0619 e. The van der Waals surface area contributed by atoms with Gasteiger partial charge in [0.05, 0.1) is 11.4 Å². The molecule has 0 bridgehead atoms. The van der Waals surface area contributed by atoms with Gasteiger partial charge in [-0.15, -0.1) is 0 Å². The Hall–Kier alpha value is -3.66. The lowest BCUT2D eigenvalue weighted by Gasteiger charge is -2.16. The van der Waals surface area contributed by atoms with Crippen molar-refractivity contribution in [2.24, 2.45) is 0 Å². The normalized spacial score (nSPS) is 11.1. The molecule has 3 heteroatoms. The number of hydrogen-bond donors (Lipinski definition) is 0. The first kappa shape index (κ1) is 25.6. The summed E-state index contributed by atoms with van der Waals surface area (Å²) in [6, 6.07) is 45.9. The van der Waals surface area contributed by atoms with Gasteiger partial charge >= 0.3 is 0 Å². The van der Waals surface area contributed by atoms with Gasteiger partial charge in [-0.05, 0) is 72.5 Å². The van der Waals surface area contributed by atoms with Crippen LogP contribution in [0.1, 0.15) is 11.1 Å². The zero-order valence-electron chi connectivity index (χ0n) is 21.8. The minimum atomic E-state index is 1.06. The summed E-state index contributed by atoms with van der Waals surface area (Å²) < 4.78 is 4.58. The predicted octanol–water partition coefficient (Wildman–Crippen LogP) is 11.3. The summed E-state index contributed by atoms with van der Waals surface area (Å²) in [4.78, 5) is 0. The lowest BCUT2D eigenvalue weighted by atomic mass is 9.91. The summed E-state index contributed by atoms with van der Waals surface area (Å²) in [5, 5.41) is 0. The molecule has 0 atom stereocenters. The van der Waals surface area contributed by atoms with Crippen LogP contribution in [0.2, 0.25) is 0 Å². The second-order valence-corrected chi connectivity index (χ2v) is 11.7. The predicted molar refractivity (Wildman–Crippen MR) is 172 cm³/mol. The van der Waals surface area contributed by atoms with Gasteiger partial charge in [-0.3, -0.25) is 0 Å². The first-order valence-electron chi connectivity index (χ1n) is 13.0. The average molecular weight is 633 g/mol. The molecule has 6 aromatic rings. The van der Waals surface area contributed by atoms with E-state index in [1.54, 1.807) is 0 Å². The van der Waals surface area contributed by atoms with E-state index in [1.807, 2.05) is 0 Å². The third-order valence-electron chi connectivity index (χ3n) is 7.10. The SMILES string of the molecule is Cc1ccc(-c2c(-c3ccc(Br)cc3)c(-c3ccc(Br)cc3)c(-c3ccc(C)cc3)n2-c2ccccc2)cc1. The van der Waals surface area contributed by atoms with Crippen LogP contribution in [0.5, 0.6) is 0 Å². The highest BCUT2D eigenvalue weighted by Gasteiger charge is 2.27. The number of aromatic nitrogens is 1. The Morgan fingerprint density at radius 3 is 1.15 bits per heavy atom. The fourth-order valence-corrected chi connectivity index (χ4v) is 5.70. The highest BCUT2D eigenvalue weighted by molar-refractivity contribution is 9.10. The number of halogens is 2. The van der Waals surface area contributed by atoms with E-state index < -0.39 is 0 Å². The molecule has 5 aromatic carbocycles. The van der Waals surface area contributed by atoms with Crippen molar-refractivity contribution in [3.05, 3.63) is 147 Å². The molecule has 0 saturated carbocycles. The molecule has 190 valence electrons. The molecule has 0 fully saturated rings. The van der Waals surface area contributed by atoms with E-state index in [-0.39, 0.29) is 0 Å². The number of para-hydroxylation sites is 1. The van der Waals surface area contributed by atoms with E-state index in [9.17, 15) is 0 Å². The molecule has 1 nitrogen and oxygen atoms in total. The summed E-state index contributed by atoms with van der Waals surface area (Å²) in [6.07, 6.45) is 0. The zero-order chi connectivity index (χ0) is 26.9. The first-order chi connectivity index (χ1) is 19.0. The number of hydrogen-bond acceptors (Lipinski definition) is 0. The van der Waals surface area contributed by atoms with Gasteiger partial charge in [0.25, 0.3) is 0 Å². The van der Waals surface area contributed by atoms with Crippen LogP contribution >= 0.6 is 31.9 Å². The fourth-order valence-electron chi connectivity index (χ4n) is 5.17. The van der Waals surface area contributed by atoms with Crippen molar-refractivity contribution >= 4 is 31.9 Å². The molecule has 0 saturated heterocycles. The van der Waals surface area contributed by atoms with Crippen LogP contribution in [0.25, 0.3) is 50.5 Å². The topological polar surface area (TPSA) is 4.93 Å². The van der Waals surface area contributed by atoms with Crippen molar-refractivity contribution in [3.8, 4) is 50.5 Å². The molecular weight excluding hydrogens is 606 g/mol. The maximum absolute atomic E-state index is 3.65. The monoisotopic (exact) mass is 631 g/mol. The molecule has 6 rings (SSSR count). The quantitative estimate of drug-likeness (QED) is 0.178. The molecule has 0 aliphatic heterocycles. The zero-order valence-corrected chi connectivity index (χ0v) is 25.0. The summed E-state index contributed by atoms with van der Waals surface area (Å²) in [7, 11) is 0. The Balaban J connectivity index is 1.84. The minimum absolute atomic E-state index is 1.06. The molecule has 0 aliphatic carbocycles. The minimum Gasteiger partial charge on any atom is -0.308 e. The maximum atomic E-state index is 3.65. The molecule has 0 spiro atoms. The van der Waals surface area contributed by atoms with Crippen molar-refractivity contribution in [1.29, 1.82) is 0 Å². The Morgan fingerprint density at radius 1 is 0.410 bits per heavy atom. The molecule has 0 unspecified atom stereocenters. The van der Waals surface area contributed by atoms with Crippen molar-refractivity contribution in [1.82, 2.24) is 4.57 Å². The third-order valence-corrected chi connectivity index (χ3v) is 8.16. The van der Waals surface area contributed by atoms with Crippen LogP contribution in [0.15, 0.2) is 136 Å². The smallest absolute Gasteiger partial charge is 0.0619 e. The second-order valence-electron chi connectivity index (χ2n) is 9.86. The molecule has 0 N–H and O–H groups in total. The highest BCUT2D eigenvalue weighted by Crippen LogP contribution is 2.50. The van der Waals surface area contributed by atoms with E-state index in [2.05, 4.69) is 178 Å². The van der Waals surface area contributed by atoms with Gasteiger partial charge in [0.2, 0.25) is 0 Å². The summed E-state index contributed by atoms with van der Waals surface area (Å²) in [6.45, 7) is 4.28. The molecular formula is C36H27Br2N. The molecule has 0 radical (unpaired) electrons. The van der Waals surface area contributed by atoms with Gasteiger partial charge in [-0.25, -0.2) is 0 Å². The van der Waals surface area contributed by atoms with Crippen LogP contribution in [0.4, 0.5) is 0 Å². The summed E-state index contributed by atoms with van der Waals surface area (Å²) in [5.41, 5.74) is 13.1. The van der Waals surface area contributed by atoms with E-state index in [0.29, 0.717) is 0 Å². The van der Waals surface area contributed by atoms with Gasteiger partial charge in [0.15, 0.2) is 0 Å². The Kier molecular flexibility index (Phi) is 7.12. The lowest BCUT2D eigenvalue weighted by molar-refractivity contribution is 1.09. The molecule has 0 amide bonds. The standard InChI is InChI=1S/C36H27Br2N/c1-24-8-12-28(13-9-24)35-33(26-16-20-30(37)21-17-26)34(27-18-22-31(38)23-19-27)36(29-14-10-25(2)11-15-29)39(35)32-6-4-3-5-7-32/h3-23H,1-2H3. The van der Waals surface area contributed by atoms with Crippen LogP contribution in [0, 0.1) is 13.8 Å². The van der Waals surface area contributed by atoms with Gasteiger partial charge in [0.1, 0.15) is 0 Å². The number of aryl methyl sites for hydroxylation is 2. The molecule has 1 aromatic heterocycles. The van der Waals surface area contributed by atoms with E-state index in [4.69, 9.17) is 0 Å². The number of nitrogens with zero attached hydrogens (tertiary/aromatic N) is 1. The van der Waals surface area contributed by atoms with E-state index in [1.165, 1.54) is 55.9 Å². The van der Waals surface area contributed by atoms with Crippen molar-refractivity contribution in [2.75, 3.05) is 0 Å². The fraction of sp³-hybridized carbons (Fsp3) is 0.0556. The van der Waals surface area contributed by atoms with Crippen LogP contribution in [0.3, 0.4) is 0 Å². The molecule has 39 heavy (non-hydrogen) atoms. The first-order valence-corrected chi connectivity index (χ1v) is 14.6. The van der Waals surface area contributed by atoms with Crippen molar-refractivity contribution < 1.29 is 0 Å². The molecule has 1 heterocycles. The Morgan fingerprint density at radius 2 is 0.769 bits per heavy atom. The summed E-state index contributed by atoms with van der Waals surface area (Å²) >= 11 is 7.30. The van der Waals surface area contributed by atoms with Crippen LogP contribution in [-0.2, 0) is 0 Å². The van der Waals surface area contributed by atoms with Crippen LogP contribution < -0.4 is 0 Å². The highest BCUT2D eigenvalue weighted by atomic mass is 79.9. The van der Waals surface area contributed by atoms with Gasteiger partial charge in [-0.1, -0.05) is 134 Å². The van der Waals surface area contributed by atoms with Crippen LogP contribution in [-0.4, -0.2) is 4.57 Å². The Bertz CT molecular complexity index is 1620. The average Bonchev–Trinajstić information content (AvgIpc) is 3.31. The summed E-state index contributed by atoms with van der Waals surface area (Å²) in [5.74, 6) is 0. The number of rotatable bonds is 5. The third kappa shape index (κ3) is 5.05. The number of benzene rings is 5.